The number of nitro benzene ring substituents is 1. The summed E-state index contributed by atoms with van der Waals surface area (Å²) in [5, 5.41) is 10.8. The summed E-state index contributed by atoms with van der Waals surface area (Å²) < 4.78 is 3.26. The Kier molecular flexibility index (Phi) is 5.44. The van der Waals surface area contributed by atoms with E-state index < -0.39 is 14.6 Å². The molecule has 1 aliphatic rings. The third-order valence-corrected chi connectivity index (χ3v) is 4.01. The number of ether oxygens (including phenoxy) is 1. The van der Waals surface area contributed by atoms with Gasteiger partial charge in [-0.2, -0.15) is 0 Å². The molecule has 1 fully saturated rings. The molecule has 1 aromatic carbocycles. The molecule has 10 heteroatoms. The van der Waals surface area contributed by atoms with Crippen molar-refractivity contribution >= 4 is 52.1 Å². The summed E-state index contributed by atoms with van der Waals surface area (Å²) in [6.07, 6.45) is 0. The van der Waals surface area contributed by atoms with Gasteiger partial charge in [0, 0.05) is 32.2 Å². The van der Waals surface area contributed by atoms with Gasteiger partial charge in [-0.05, 0) is 6.07 Å². The average Bonchev–Trinajstić information content (AvgIpc) is 2.52. The van der Waals surface area contributed by atoms with Gasteiger partial charge in [0.25, 0.3) is 15.4 Å². The Balaban J connectivity index is 2.11. The van der Waals surface area contributed by atoms with Gasteiger partial charge in [0.2, 0.25) is 0 Å². The molecule has 0 aromatic heterocycles. The Bertz CT molecular complexity index is 613. The molecule has 1 aliphatic heterocycles. The number of benzene rings is 1. The number of non-ortho nitro benzene ring substituents is 1. The van der Waals surface area contributed by atoms with Crippen LogP contribution in [0.1, 0.15) is 0 Å². The maximum atomic E-state index is 11.9. The number of alkyl halides is 3. The van der Waals surface area contributed by atoms with Crippen LogP contribution < -0.4 is 9.64 Å². The first-order chi connectivity index (χ1) is 10.7. The largest absolute Gasteiger partial charge is 0.494 e. The van der Waals surface area contributed by atoms with E-state index in [9.17, 15) is 14.9 Å². The van der Waals surface area contributed by atoms with Crippen molar-refractivity contribution in [2.75, 3.05) is 38.2 Å². The first-order valence-corrected chi connectivity index (χ1v) is 7.81. The molecule has 23 heavy (non-hydrogen) atoms. The van der Waals surface area contributed by atoms with Crippen LogP contribution >= 0.6 is 34.8 Å². The van der Waals surface area contributed by atoms with Crippen molar-refractivity contribution in [1.29, 1.82) is 0 Å². The monoisotopic (exact) mass is 381 g/mol. The van der Waals surface area contributed by atoms with E-state index in [1.165, 1.54) is 24.1 Å². The second-order valence-electron chi connectivity index (χ2n) is 4.89. The normalized spacial score (nSPS) is 15.5. The highest BCUT2D eigenvalue weighted by Crippen LogP contribution is 2.34. The smallest absolute Gasteiger partial charge is 0.274 e. The van der Waals surface area contributed by atoms with E-state index in [1.807, 2.05) is 4.90 Å². The second kappa shape index (κ2) is 6.98. The minimum absolute atomic E-state index is 0.0457. The van der Waals surface area contributed by atoms with E-state index in [-0.39, 0.29) is 5.69 Å². The topological polar surface area (TPSA) is 75.9 Å². The zero-order valence-corrected chi connectivity index (χ0v) is 14.4. The summed E-state index contributed by atoms with van der Waals surface area (Å²) in [5.74, 6) is -0.154. The van der Waals surface area contributed by atoms with E-state index in [4.69, 9.17) is 39.5 Å². The lowest BCUT2D eigenvalue weighted by Crippen LogP contribution is -2.51. The molecule has 0 radical (unpaired) electrons. The van der Waals surface area contributed by atoms with Crippen molar-refractivity contribution in [3.8, 4) is 5.75 Å². The summed E-state index contributed by atoms with van der Waals surface area (Å²) >= 11 is 16.8. The van der Waals surface area contributed by atoms with Crippen LogP contribution in [0.15, 0.2) is 18.2 Å². The number of nitro groups is 1. The van der Waals surface area contributed by atoms with Crippen LogP contribution in [0.2, 0.25) is 0 Å². The Morgan fingerprint density at radius 3 is 2.35 bits per heavy atom. The van der Waals surface area contributed by atoms with Crippen LogP contribution in [0.3, 0.4) is 0 Å². The summed E-state index contributed by atoms with van der Waals surface area (Å²) in [7, 11) is 1.45. The number of halogens is 3. The molecule has 0 spiro atoms. The number of amides is 1. The molecule has 0 atom stereocenters. The zero-order chi connectivity index (χ0) is 17.2. The van der Waals surface area contributed by atoms with E-state index in [0.717, 1.165) is 5.69 Å². The first-order valence-electron chi connectivity index (χ1n) is 6.67. The van der Waals surface area contributed by atoms with E-state index in [1.54, 1.807) is 6.07 Å². The second-order valence-corrected chi connectivity index (χ2v) is 7.17. The molecule has 1 saturated heterocycles. The fourth-order valence-electron chi connectivity index (χ4n) is 2.37. The number of carbonyl (C=O) groups excluding carboxylic acids is 1. The van der Waals surface area contributed by atoms with Gasteiger partial charge in [-0.25, -0.2) is 0 Å². The fraction of sp³-hybridized carbons (Fsp3) is 0.462. The lowest BCUT2D eigenvalue weighted by atomic mass is 10.2. The highest BCUT2D eigenvalue weighted by Gasteiger charge is 2.36. The Labute approximate surface area is 147 Å². The SMILES string of the molecule is COc1cc([N+](=O)[O-])ccc1N1CCN(C(=O)C(Cl)(Cl)Cl)CC1. The number of nitrogens with zero attached hydrogens (tertiary/aromatic N) is 3. The summed E-state index contributed by atoms with van der Waals surface area (Å²) in [5.41, 5.74) is 0.676. The van der Waals surface area contributed by atoms with Crippen LogP contribution in [0.25, 0.3) is 0 Å². The van der Waals surface area contributed by atoms with Crippen LogP contribution in [0, 0.1) is 10.1 Å². The van der Waals surface area contributed by atoms with Crippen molar-refractivity contribution in [3.63, 3.8) is 0 Å². The molecule has 0 N–H and O–H groups in total. The molecule has 7 nitrogen and oxygen atoms in total. The number of anilines is 1. The van der Waals surface area contributed by atoms with Crippen LogP contribution in [0.4, 0.5) is 11.4 Å². The number of piperazine rings is 1. The van der Waals surface area contributed by atoms with Crippen molar-refractivity contribution in [1.82, 2.24) is 4.90 Å². The fourth-order valence-corrected chi connectivity index (χ4v) is 2.73. The van der Waals surface area contributed by atoms with Gasteiger partial charge in [0.05, 0.1) is 23.8 Å². The van der Waals surface area contributed by atoms with Crippen molar-refractivity contribution in [3.05, 3.63) is 28.3 Å². The molecule has 1 aromatic rings. The number of carbonyl (C=O) groups is 1. The molecular weight excluding hydrogens is 369 g/mol. The molecule has 126 valence electrons. The average molecular weight is 383 g/mol. The maximum Gasteiger partial charge on any atom is 0.274 e. The standard InChI is InChI=1S/C13H14Cl3N3O4/c1-23-11-8-9(19(21)22)2-3-10(11)17-4-6-18(7-5-17)12(20)13(14,15)16/h2-3,8H,4-7H2,1H3. The predicted molar refractivity (Wildman–Crippen MR) is 88.7 cm³/mol. The van der Waals surface area contributed by atoms with E-state index in [2.05, 4.69) is 0 Å². The lowest BCUT2D eigenvalue weighted by molar-refractivity contribution is -0.384. The van der Waals surface area contributed by atoms with Gasteiger partial charge in [-0.3, -0.25) is 14.9 Å². The molecule has 1 amide bonds. The van der Waals surface area contributed by atoms with Crippen LogP contribution in [-0.4, -0.2) is 52.8 Å². The van der Waals surface area contributed by atoms with Gasteiger partial charge in [0.15, 0.2) is 0 Å². The third kappa shape index (κ3) is 4.10. The van der Waals surface area contributed by atoms with Crippen LogP contribution in [0.5, 0.6) is 5.75 Å². The molecule has 2 rings (SSSR count). The van der Waals surface area contributed by atoms with Gasteiger partial charge >= 0.3 is 0 Å². The Morgan fingerprint density at radius 2 is 1.87 bits per heavy atom. The van der Waals surface area contributed by atoms with Gasteiger partial charge in [-0.15, -0.1) is 0 Å². The van der Waals surface area contributed by atoms with E-state index in [0.29, 0.717) is 31.9 Å². The summed E-state index contributed by atoms with van der Waals surface area (Å²) in [4.78, 5) is 25.7. The number of rotatable bonds is 3. The molecular formula is C13H14Cl3N3O4. The van der Waals surface area contributed by atoms with Crippen molar-refractivity contribution < 1.29 is 14.5 Å². The maximum absolute atomic E-state index is 11.9. The van der Waals surface area contributed by atoms with Gasteiger partial charge in [-0.1, -0.05) is 34.8 Å². The minimum atomic E-state index is -1.97. The van der Waals surface area contributed by atoms with Gasteiger partial charge in [0.1, 0.15) is 5.75 Å². The number of hydrogen-bond donors (Lipinski definition) is 0. The minimum Gasteiger partial charge on any atom is -0.494 e. The summed E-state index contributed by atoms with van der Waals surface area (Å²) in [6.45, 7) is 1.76. The highest BCUT2D eigenvalue weighted by molar-refractivity contribution is 6.76. The highest BCUT2D eigenvalue weighted by atomic mass is 35.6. The predicted octanol–water partition coefficient (Wildman–Crippen LogP) is 2.62. The quantitative estimate of drug-likeness (QED) is 0.456. The molecule has 1 heterocycles. The molecule has 0 aliphatic carbocycles. The molecule has 0 saturated carbocycles. The third-order valence-electron chi connectivity index (χ3n) is 3.52. The van der Waals surface area contributed by atoms with Gasteiger partial charge < -0.3 is 14.5 Å². The van der Waals surface area contributed by atoms with Crippen molar-refractivity contribution in [2.45, 2.75) is 3.79 Å². The zero-order valence-electron chi connectivity index (χ0n) is 12.2. The van der Waals surface area contributed by atoms with E-state index >= 15 is 0 Å². The van der Waals surface area contributed by atoms with Crippen molar-refractivity contribution in [2.24, 2.45) is 0 Å². The first kappa shape index (κ1) is 17.9. The lowest BCUT2D eigenvalue weighted by Gasteiger charge is -2.37. The molecule has 0 bridgehead atoms. The Morgan fingerprint density at radius 1 is 1.26 bits per heavy atom. The Hall–Kier alpha value is -1.44. The summed E-state index contributed by atoms with van der Waals surface area (Å²) in [6, 6.07) is 4.41. The number of methoxy groups -OCH3 is 1. The number of hydrogen-bond acceptors (Lipinski definition) is 5. The van der Waals surface area contributed by atoms with Crippen LogP contribution in [-0.2, 0) is 4.79 Å². The molecule has 0 unspecified atom stereocenters.